The zero-order chi connectivity index (χ0) is 18.8. The highest BCUT2D eigenvalue weighted by atomic mass is 32.2. The molecule has 0 saturated carbocycles. The number of hydrogen-bond donors (Lipinski definition) is 3. The van der Waals surface area contributed by atoms with E-state index in [0.29, 0.717) is 21.5 Å². The number of aromatic carboxylic acids is 1. The Labute approximate surface area is 156 Å². The number of Topliss-reactive ketones (excluding diaryl/α,β-unsaturated/α-hetero) is 1. The lowest BCUT2D eigenvalue weighted by atomic mass is 9.77. The topological polar surface area (TPSA) is 145 Å². The molecule has 2 aromatic rings. The number of thioether (sulfide) groups is 1. The van der Waals surface area contributed by atoms with Gasteiger partial charge in [-0.1, -0.05) is 29.2 Å². The molecule has 2 heterocycles. The smallest absolute Gasteiger partial charge is 0.534 e. The molecule has 136 valence electrons. The van der Waals surface area contributed by atoms with E-state index in [4.69, 9.17) is 15.1 Å². The van der Waals surface area contributed by atoms with Gasteiger partial charge in [-0.3, -0.25) is 4.79 Å². The van der Waals surface area contributed by atoms with Crippen LogP contribution in [0.25, 0.3) is 0 Å². The Bertz CT molecular complexity index is 861. The van der Waals surface area contributed by atoms with Crippen LogP contribution in [0, 0.1) is 0 Å². The fraction of sp³-hybridized carbons (Fsp3) is 0.286. The number of carboxylic acids is 1. The number of fused-ring (bicyclic) bond motifs is 1. The average molecular weight is 395 g/mol. The first kappa shape index (κ1) is 18.5. The first-order chi connectivity index (χ1) is 12.3. The Morgan fingerprint density at radius 3 is 2.88 bits per heavy atom. The van der Waals surface area contributed by atoms with E-state index in [2.05, 4.69) is 10.2 Å². The summed E-state index contributed by atoms with van der Waals surface area (Å²) in [5, 5.41) is 27.3. The summed E-state index contributed by atoms with van der Waals surface area (Å²) >= 11 is 2.45. The standard InChI is InChI=1S/C14H14BN3O6S2/c1-6(19)5-23-8-3-2-7-4-9(25-14-18-17-13(16)26-14)15(22)24-11(7)10(8)12(20)21/h2-3,9,22H,4-5H2,1H3,(H2,16,17)(H,20,21)/t9-/m0/s1. The van der Waals surface area contributed by atoms with Gasteiger partial charge in [-0.2, -0.15) is 0 Å². The van der Waals surface area contributed by atoms with Crippen molar-refractivity contribution < 1.29 is 29.1 Å². The Balaban J connectivity index is 1.88. The number of hydrogen-bond acceptors (Lipinski definition) is 10. The summed E-state index contributed by atoms with van der Waals surface area (Å²) in [6.45, 7) is 1.08. The second-order valence-electron chi connectivity index (χ2n) is 5.50. The number of carboxylic acid groups (broad SMARTS) is 1. The molecule has 4 N–H and O–H groups in total. The minimum Gasteiger partial charge on any atom is -0.534 e. The molecule has 26 heavy (non-hydrogen) atoms. The van der Waals surface area contributed by atoms with Crippen molar-refractivity contribution in [1.29, 1.82) is 0 Å². The molecule has 12 heteroatoms. The second kappa shape index (κ2) is 7.52. The Morgan fingerprint density at radius 1 is 1.50 bits per heavy atom. The van der Waals surface area contributed by atoms with Gasteiger partial charge in [-0.25, -0.2) is 4.79 Å². The maximum atomic E-state index is 11.7. The van der Waals surface area contributed by atoms with E-state index < -0.39 is 18.2 Å². The number of nitrogens with two attached hydrogens (primary N) is 1. The van der Waals surface area contributed by atoms with Gasteiger partial charge in [0.2, 0.25) is 5.13 Å². The molecule has 0 bridgehead atoms. The average Bonchev–Trinajstić information content (AvgIpc) is 2.97. The summed E-state index contributed by atoms with van der Waals surface area (Å²) in [4.78, 5) is 22.8. The number of nitrogen functional groups attached to an aromatic ring is 1. The number of anilines is 1. The number of ketones is 1. The number of benzene rings is 1. The number of carbonyl (C=O) groups excluding carboxylic acids is 1. The number of rotatable bonds is 6. The van der Waals surface area contributed by atoms with Gasteiger partial charge < -0.3 is 25.3 Å². The van der Waals surface area contributed by atoms with E-state index in [1.807, 2.05) is 0 Å². The van der Waals surface area contributed by atoms with Gasteiger partial charge in [0.15, 0.2) is 10.1 Å². The van der Waals surface area contributed by atoms with Crippen LogP contribution >= 0.6 is 23.1 Å². The zero-order valence-corrected chi connectivity index (χ0v) is 15.2. The molecule has 1 aromatic carbocycles. The van der Waals surface area contributed by atoms with Gasteiger partial charge in [0.05, 0.1) is 5.15 Å². The van der Waals surface area contributed by atoms with Gasteiger partial charge in [-0.05, 0) is 25.0 Å². The summed E-state index contributed by atoms with van der Waals surface area (Å²) in [5.74, 6) is -1.45. The highest BCUT2D eigenvalue weighted by molar-refractivity contribution is 8.02. The first-order valence-electron chi connectivity index (χ1n) is 7.47. The van der Waals surface area contributed by atoms with Crippen molar-refractivity contribution in [3.8, 4) is 11.5 Å². The third-order valence-corrected chi connectivity index (χ3v) is 5.57. The molecular formula is C14H14BN3O6S2. The quantitative estimate of drug-likeness (QED) is 0.603. The van der Waals surface area contributed by atoms with E-state index >= 15 is 0 Å². The Hall–Kier alpha value is -2.31. The Morgan fingerprint density at radius 2 is 2.27 bits per heavy atom. The molecule has 1 aromatic heterocycles. The van der Waals surface area contributed by atoms with Gasteiger partial charge >= 0.3 is 13.1 Å². The summed E-state index contributed by atoms with van der Waals surface area (Å²) < 4.78 is 11.3. The van der Waals surface area contributed by atoms with Crippen LogP contribution in [0.2, 0.25) is 0 Å². The number of nitrogens with zero attached hydrogens (tertiary/aromatic N) is 2. The second-order valence-corrected chi connectivity index (χ2v) is 7.99. The van der Waals surface area contributed by atoms with Crippen molar-refractivity contribution in [2.45, 2.75) is 22.8 Å². The van der Waals surface area contributed by atoms with E-state index in [1.165, 1.54) is 36.1 Å². The van der Waals surface area contributed by atoms with Crippen LogP contribution in [0.3, 0.4) is 0 Å². The zero-order valence-electron chi connectivity index (χ0n) is 13.5. The first-order valence-corrected chi connectivity index (χ1v) is 9.16. The van der Waals surface area contributed by atoms with E-state index in [1.54, 1.807) is 6.07 Å². The highest BCUT2D eigenvalue weighted by Crippen LogP contribution is 2.40. The van der Waals surface area contributed by atoms with Crippen LogP contribution in [0.1, 0.15) is 22.8 Å². The normalized spacial score (nSPS) is 15.9. The summed E-state index contributed by atoms with van der Waals surface area (Å²) in [6, 6.07) is 3.14. The summed E-state index contributed by atoms with van der Waals surface area (Å²) in [5.41, 5.74) is 5.94. The highest BCUT2D eigenvalue weighted by Gasteiger charge is 2.39. The molecule has 1 atom stereocenters. The fourth-order valence-electron chi connectivity index (χ4n) is 2.42. The maximum Gasteiger partial charge on any atom is 0.537 e. The number of aromatic nitrogens is 2. The van der Waals surface area contributed by atoms with Crippen LogP contribution in [0.4, 0.5) is 5.13 Å². The molecular weight excluding hydrogens is 381 g/mol. The van der Waals surface area contributed by atoms with Crippen LogP contribution in [-0.4, -0.2) is 51.0 Å². The molecule has 0 unspecified atom stereocenters. The van der Waals surface area contributed by atoms with Crippen molar-refractivity contribution in [2.24, 2.45) is 0 Å². The molecule has 0 aliphatic carbocycles. The van der Waals surface area contributed by atoms with Crippen LogP contribution in [0.5, 0.6) is 11.5 Å². The third-order valence-electron chi connectivity index (χ3n) is 3.50. The van der Waals surface area contributed by atoms with Gasteiger partial charge in [0.25, 0.3) is 0 Å². The van der Waals surface area contributed by atoms with E-state index in [-0.39, 0.29) is 29.5 Å². The van der Waals surface area contributed by atoms with E-state index in [9.17, 15) is 19.7 Å². The monoisotopic (exact) mass is 395 g/mol. The fourth-order valence-corrected chi connectivity index (χ4v) is 4.36. The lowest BCUT2D eigenvalue weighted by Gasteiger charge is -2.28. The molecule has 1 aliphatic heterocycles. The minimum atomic E-state index is -1.27. The molecule has 0 amide bonds. The Kier molecular flexibility index (Phi) is 5.34. The third kappa shape index (κ3) is 3.92. The molecule has 0 fully saturated rings. The van der Waals surface area contributed by atoms with Crippen molar-refractivity contribution in [1.82, 2.24) is 10.2 Å². The largest absolute Gasteiger partial charge is 0.537 e. The maximum absolute atomic E-state index is 11.7. The van der Waals surface area contributed by atoms with Crippen molar-refractivity contribution in [3.05, 3.63) is 23.3 Å². The van der Waals surface area contributed by atoms with Crippen molar-refractivity contribution in [3.63, 3.8) is 0 Å². The molecule has 0 spiro atoms. The molecule has 9 nitrogen and oxygen atoms in total. The van der Waals surface area contributed by atoms with Crippen molar-refractivity contribution >= 4 is 47.1 Å². The van der Waals surface area contributed by atoms with Crippen molar-refractivity contribution in [2.75, 3.05) is 12.3 Å². The molecule has 3 rings (SSSR count). The molecule has 0 radical (unpaired) electrons. The number of carbonyl (C=O) groups is 2. The lowest BCUT2D eigenvalue weighted by Crippen LogP contribution is -2.40. The van der Waals surface area contributed by atoms with Gasteiger partial charge in [0, 0.05) is 0 Å². The molecule has 1 aliphatic rings. The summed E-state index contributed by atoms with van der Waals surface area (Å²) in [6.07, 6.45) is 0.355. The lowest BCUT2D eigenvalue weighted by molar-refractivity contribution is -0.118. The van der Waals surface area contributed by atoms with Crippen LogP contribution < -0.4 is 15.1 Å². The van der Waals surface area contributed by atoms with E-state index in [0.717, 1.165) is 0 Å². The molecule has 0 saturated heterocycles. The number of ether oxygens (including phenoxy) is 1. The predicted molar refractivity (Wildman–Crippen MR) is 95.8 cm³/mol. The SMILES string of the molecule is CC(=O)COc1ccc2c(c1C(=O)O)OB(O)[C@@H](Sc1nnc(N)s1)C2. The predicted octanol–water partition coefficient (Wildman–Crippen LogP) is 0.902. The van der Waals surface area contributed by atoms with Gasteiger partial charge in [-0.15, -0.1) is 10.2 Å². The summed E-state index contributed by atoms with van der Waals surface area (Å²) in [7, 11) is -1.25. The minimum absolute atomic E-state index is 0.0154. The van der Waals surface area contributed by atoms with Crippen LogP contribution in [-0.2, 0) is 11.2 Å². The van der Waals surface area contributed by atoms with Crippen LogP contribution in [0.15, 0.2) is 16.5 Å². The van der Waals surface area contributed by atoms with Gasteiger partial charge in [0.1, 0.15) is 23.7 Å².